The molecule has 0 radical (unpaired) electrons. The summed E-state index contributed by atoms with van der Waals surface area (Å²) < 4.78 is 0. The zero-order valence-electron chi connectivity index (χ0n) is 24.4. The van der Waals surface area contributed by atoms with Gasteiger partial charge in [0.2, 0.25) is 11.8 Å². The molecule has 6 heteroatoms. The molecule has 3 amide bonds. The Morgan fingerprint density at radius 3 is 2.32 bits per heavy atom. The van der Waals surface area contributed by atoms with Crippen LogP contribution in [0.1, 0.15) is 105 Å². The third kappa shape index (κ3) is 6.74. The minimum absolute atomic E-state index is 0.00715. The van der Waals surface area contributed by atoms with E-state index in [2.05, 4.69) is 22.5 Å². The summed E-state index contributed by atoms with van der Waals surface area (Å²) in [5.74, 6) is 0.561. The topological polar surface area (TPSA) is 87.3 Å². The zero-order valence-corrected chi connectivity index (χ0v) is 24.4. The molecule has 0 saturated heterocycles. The first-order chi connectivity index (χ1) is 19.9. The third-order valence-electron chi connectivity index (χ3n) is 9.80. The molecular weight excluding hydrogens is 510 g/mol. The maximum Gasteiger partial charge on any atom is 0.251 e. The minimum atomic E-state index is -0.689. The second kappa shape index (κ2) is 13.1. The Hall–Kier alpha value is -3.41. The van der Waals surface area contributed by atoms with E-state index in [-0.39, 0.29) is 23.8 Å². The fourth-order valence-electron chi connectivity index (χ4n) is 7.46. The number of amides is 3. The number of allylic oxidation sites excluding steroid dienone is 1. The van der Waals surface area contributed by atoms with E-state index in [0.717, 1.165) is 80.9 Å². The van der Waals surface area contributed by atoms with Gasteiger partial charge in [-0.05, 0) is 74.5 Å². The molecule has 0 aliphatic heterocycles. The Balaban J connectivity index is 1.23. The van der Waals surface area contributed by atoms with Gasteiger partial charge in [0.15, 0.2) is 0 Å². The first-order valence-electron chi connectivity index (χ1n) is 15.6. The summed E-state index contributed by atoms with van der Waals surface area (Å²) in [6, 6.07) is 16.7. The lowest BCUT2D eigenvalue weighted by Crippen LogP contribution is -2.52. The molecule has 3 fully saturated rings. The molecule has 0 aromatic heterocycles. The number of benzene rings is 2. The maximum absolute atomic E-state index is 14.0. The molecule has 3 saturated carbocycles. The van der Waals surface area contributed by atoms with E-state index in [1.54, 1.807) is 0 Å². The summed E-state index contributed by atoms with van der Waals surface area (Å²) in [5, 5.41) is 9.63. The van der Waals surface area contributed by atoms with Gasteiger partial charge in [0.25, 0.3) is 5.91 Å². The van der Waals surface area contributed by atoms with Gasteiger partial charge in [-0.25, -0.2) is 0 Å². The number of fused-ring (bicyclic) bond motifs is 2. The quantitative estimate of drug-likeness (QED) is 0.337. The Morgan fingerprint density at radius 2 is 1.59 bits per heavy atom. The van der Waals surface area contributed by atoms with E-state index in [0.29, 0.717) is 23.9 Å². The molecule has 3 N–H and O–H groups in total. The van der Waals surface area contributed by atoms with Crippen molar-refractivity contribution < 1.29 is 14.4 Å². The molecular formula is C35H45N3O3. The van der Waals surface area contributed by atoms with Crippen molar-refractivity contribution in [2.75, 3.05) is 6.54 Å². The predicted molar refractivity (Wildman–Crippen MR) is 163 cm³/mol. The van der Waals surface area contributed by atoms with Gasteiger partial charge < -0.3 is 16.0 Å². The van der Waals surface area contributed by atoms with E-state index >= 15 is 0 Å². The Morgan fingerprint density at radius 1 is 0.878 bits per heavy atom. The Labute approximate surface area is 244 Å². The van der Waals surface area contributed by atoms with Gasteiger partial charge in [-0.3, -0.25) is 14.4 Å². The highest BCUT2D eigenvalue weighted by molar-refractivity contribution is 5.98. The van der Waals surface area contributed by atoms with Crippen molar-refractivity contribution in [1.82, 2.24) is 16.0 Å². The average Bonchev–Trinajstić information content (AvgIpc) is 3.00. The first-order valence-corrected chi connectivity index (χ1v) is 15.6. The molecule has 0 heterocycles. The number of hydrogen-bond donors (Lipinski definition) is 3. The van der Waals surface area contributed by atoms with Gasteiger partial charge in [-0.1, -0.05) is 92.8 Å². The van der Waals surface area contributed by atoms with Crippen molar-refractivity contribution in [3.8, 4) is 0 Å². The molecule has 4 atom stereocenters. The van der Waals surface area contributed by atoms with Crippen LogP contribution in [-0.4, -0.2) is 30.3 Å². The van der Waals surface area contributed by atoms with Crippen LogP contribution in [0.4, 0.5) is 0 Å². The summed E-state index contributed by atoms with van der Waals surface area (Å²) >= 11 is 0. The normalized spacial score (nSPS) is 25.0. The fourth-order valence-corrected chi connectivity index (χ4v) is 7.46. The third-order valence-corrected chi connectivity index (χ3v) is 9.80. The molecule has 2 bridgehead atoms. The summed E-state index contributed by atoms with van der Waals surface area (Å²) in [7, 11) is 0. The van der Waals surface area contributed by atoms with Gasteiger partial charge in [0.05, 0.1) is 0 Å². The first kappa shape index (κ1) is 29.1. The molecule has 3 aliphatic carbocycles. The fraction of sp³-hybridized carbons (Fsp3) is 0.514. The second-order valence-corrected chi connectivity index (χ2v) is 12.6. The van der Waals surface area contributed by atoms with Gasteiger partial charge in [0.1, 0.15) is 6.04 Å². The molecule has 5 rings (SSSR count). The second-order valence-electron chi connectivity index (χ2n) is 12.6. The Kier molecular flexibility index (Phi) is 9.26. The molecule has 2 aromatic carbocycles. The number of nitrogens with one attached hydrogen (secondary N) is 3. The minimum Gasteiger partial charge on any atom is -0.352 e. The smallest absolute Gasteiger partial charge is 0.251 e. The van der Waals surface area contributed by atoms with Crippen LogP contribution in [-0.2, 0) is 9.59 Å². The van der Waals surface area contributed by atoms with Gasteiger partial charge in [-0.2, -0.15) is 0 Å². The Bertz CT molecular complexity index is 1250. The molecule has 41 heavy (non-hydrogen) atoms. The lowest BCUT2D eigenvalue weighted by molar-refractivity contribution is -0.141. The average molecular weight is 556 g/mol. The van der Waals surface area contributed by atoms with Crippen molar-refractivity contribution in [3.05, 3.63) is 77.9 Å². The van der Waals surface area contributed by atoms with Gasteiger partial charge >= 0.3 is 0 Å². The van der Waals surface area contributed by atoms with Gasteiger partial charge in [0, 0.05) is 23.6 Å². The zero-order chi connectivity index (χ0) is 28.8. The van der Waals surface area contributed by atoms with Crippen molar-refractivity contribution in [1.29, 1.82) is 0 Å². The summed E-state index contributed by atoms with van der Waals surface area (Å²) in [6.07, 6.45) is 10.9. The lowest BCUT2D eigenvalue weighted by Gasteiger charge is -2.48. The van der Waals surface area contributed by atoms with Crippen molar-refractivity contribution in [2.24, 2.45) is 17.3 Å². The molecule has 6 nitrogen and oxygen atoms in total. The van der Waals surface area contributed by atoms with E-state index in [1.165, 1.54) is 6.42 Å². The summed E-state index contributed by atoms with van der Waals surface area (Å²) in [4.78, 5) is 40.6. The number of carbonyl (C=O) groups excluding carboxylic acids is 3. The molecule has 218 valence electrons. The van der Waals surface area contributed by atoms with Crippen LogP contribution in [0.25, 0.3) is 5.57 Å². The summed E-state index contributed by atoms with van der Waals surface area (Å²) in [6.45, 7) is 6.55. The van der Waals surface area contributed by atoms with Crippen LogP contribution in [0.15, 0.2) is 61.2 Å². The SMILES string of the molecule is C=C(C)c1ccccc1C(=O)NCC1CCC2(C(=O)N[C@H](C(=O)NC3CCCCC3)c3ccccc3)CCCC1C2. The van der Waals surface area contributed by atoms with Crippen molar-refractivity contribution in [2.45, 2.75) is 89.6 Å². The molecule has 3 aliphatic rings. The van der Waals surface area contributed by atoms with Crippen LogP contribution in [0, 0.1) is 17.3 Å². The van der Waals surface area contributed by atoms with Crippen LogP contribution >= 0.6 is 0 Å². The highest BCUT2D eigenvalue weighted by Gasteiger charge is 2.49. The predicted octanol–water partition coefficient (Wildman–Crippen LogP) is 6.34. The highest BCUT2D eigenvalue weighted by atomic mass is 16.2. The van der Waals surface area contributed by atoms with Crippen LogP contribution in [0.2, 0.25) is 0 Å². The van der Waals surface area contributed by atoms with Crippen LogP contribution < -0.4 is 16.0 Å². The summed E-state index contributed by atoms with van der Waals surface area (Å²) in [5.41, 5.74) is 2.78. The van der Waals surface area contributed by atoms with Gasteiger partial charge in [-0.15, -0.1) is 0 Å². The lowest BCUT2D eigenvalue weighted by atomic mass is 9.58. The van der Waals surface area contributed by atoms with E-state index in [4.69, 9.17) is 0 Å². The number of rotatable bonds is 9. The number of carbonyl (C=O) groups is 3. The molecule has 0 spiro atoms. The maximum atomic E-state index is 14.0. The van der Waals surface area contributed by atoms with E-state index < -0.39 is 11.5 Å². The molecule has 3 unspecified atom stereocenters. The van der Waals surface area contributed by atoms with E-state index in [1.807, 2.05) is 61.5 Å². The van der Waals surface area contributed by atoms with Crippen LogP contribution in [0.5, 0.6) is 0 Å². The van der Waals surface area contributed by atoms with E-state index in [9.17, 15) is 14.4 Å². The molecule has 2 aromatic rings. The van der Waals surface area contributed by atoms with Crippen molar-refractivity contribution >= 4 is 23.3 Å². The monoisotopic (exact) mass is 555 g/mol. The largest absolute Gasteiger partial charge is 0.352 e. The van der Waals surface area contributed by atoms with Crippen LogP contribution in [0.3, 0.4) is 0 Å². The van der Waals surface area contributed by atoms with Crippen molar-refractivity contribution in [3.63, 3.8) is 0 Å². The number of hydrogen-bond acceptors (Lipinski definition) is 3. The highest BCUT2D eigenvalue weighted by Crippen LogP contribution is 2.51. The standard InChI is InChI=1S/C35H45N3O3/c1-24(2)29-17-9-10-18-30(29)32(39)36-23-27-19-21-35(20-11-14-26(27)22-35)34(41)38-31(25-12-5-3-6-13-25)33(40)37-28-15-7-4-8-16-28/h3,5-6,9-10,12-13,17-18,26-28,31H,1,4,7-8,11,14-16,19-23H2,2H3,(H,36,39)(H,37,40)(H,38,41)/t26?,27?,31-,35?/m0/s1.